The molecule has 0 aliphatic carbocycles. The zero-order valence-corrected chi connectivity index (χ0v) is 31.4. The second kappa shape index (κ2) is 14.3. The second-order valence-corrected chi connectivity index (χ2v) is 16.7. The van der Waals surface area contributed by atoms with Crippen LogP contribution in [0.5, 0.6) is 0 Å². The molecule has 2 nitrogen and oxygen atoms in total. The van der Waals surface area contributed by atoms with Gasteiger partial charge in [-0.05, 0) is 115 Å². The average molecular weight is 684 g/mol. The van der Waals surface area contributed by atoms with Crippen LogP contribution < -0.4 is 10.6 Å². The SMILES string of the molecule is Cc1ccc(-c2c(-c3ccccc3)c(-c3ccccc3)c(-c3ccccc3)c3ccccc23)c(P(=O)(c2ccccc2C)N(C(C)C)C(C)C)c1. The van der Waals surface area contributed by atoms with E-state index in [2.05, 4.69) is 192 Å². The van der Waals surface area contributed by atoms with E-state index in [1.54, 1.807) is 0 Å². The monoisotopic (exact) mass is 683 g/mol. The van der Waals surface area contributed by atoms with Gasteiger partial charge in [0, 0.05) is 22.7 Å². The van der Waals surface area contributed by atoms with Crippen LogP contribution in [0.15, 0.2) is 158 Å². The second-order valence-electron chi connectivity index (χ2n) is 14.1. The van der Waals surface area contributed by atoms with Crippen LogP contribution in [0, 0.1) is 13.8 Å². The summed E-state index contributed by atoms with van der Waals surface area (Å²) in [5.74, 6) is 0. The molecular weight excluding hydrogens is 638 g/mol. The predicted octanol–water partition coefficient (Wildman–Crippen LogP) is 12.5. The largest absolute Gasteiger partial charge is 0.296 e. The van der Waals surface area contributed by atoms with Gasteiger partial charge in [-0.2, -0.15) is 0 Å². The summed E-state index contributed by atoms with van der Waals surface area (Å²) >= 11 is 0. The summed E-state index contributed by atoms with van der Waals surface area (Å²) in [7, 11) is -3.43. The lowest BCUT2D eigenvalue weighted by atomic mass is 9.79. The topological polar surface area (TPSA) is 20.3 Å². The summed E-state index contributed by atoms with van der Waals surface area (Å²) < 4.78 is 19.0. The first-order chi connectivity index (χ1) is 24.7. The Hall–Kier alpha value is -5.01. The predicted molar refractivity (Wildman–Crippen MR) is 221 cm³/mol. The maximum Gasteiger partial charge on any atom is 0.208 e. The summed E-state index contributed by atoms with van der Waals surface area (Å²) in [6.07, 6.45) is 0. The highest BCUT2D eigenvalue weighted by Gasteiger charge is 2.41. The van der Waals surface area contributed by atoms with Crippen molar-refractivity contribution in [2.24, 2.45) is 0 Å². The third-order valence-corrected chi connectivity index (χ3v) is 13.7. The van der Waals surface area contributed by atoms with Gasteiger partial charge in [-0.3, -0.25) is 4.57 Å². The molecule has 0 radical (unpaired) electrons. The molecular formula is C48H46NOP. The van der Waals surface area contributed by atoms with Crippen LogP contribution in [0.1, 0.15) is 38.8 Å². The molecule has 0 heterocycles. The van der Waals surface area contributed by atoms with Crippen molar-refractivity contribution in [1.82, 2.24) is 4.67 Å². The molecule has 7 aromatic carbocycles. The summed E-state index contributed by atoms with van der Waals surface area (Å²) in [5.41, 5.74) is 11.2. The molecule has 51 heavy (non-hydrogen) atoms. The van der Waals surface area contributed by atoms with E-state index in [4.69, 9.17) is 0 Å². The molecule has 254 valence electrons. The van der Waals surface area contributed by atoms with Crippen LogP contribution in [-0.4, -0.2) is 16.8 Å². The molecule has 3 heteroatoms. The van der Waals surface area contributed by atoms with Gasteiger partial charge in [0.1, 0.15) is 0 Å². The first kappa shape index (κ1) is 34.4. The van der Waals surface area contributed by atoms with Crippen molar-refractivity contribution in [1.29, 1.82) is 0 Å². The van der Waals surface area contributed by atoms with Crippen LogP contribution in [-0.2, 0) is 4.57 Å². The Labute approximate surface area is 303 Å². The van der Waals surface area contributed by atoms with E-state index in [0.717, 1.165) is 60.5 Å². The highest BCUT2D eigenvalue weighted by atomic mass is 31.2. The molecule has 1 unspecified atom stereocenters. The summed E-state index contributed by atoms with van der Waals surface area (Å²) in [5, 5.41) is 4.08. The minimum absolute atomic E-state index is 0.0366. The lowest BCUT2D eigenvalue weighted by Crippen LogP contribution is -2.42. The Kier molecular flexibility index (Phi) is 9.67. The fourth-order valence-corrected chi connectivity index (χ4v) is 11.8. The smallest absolute Gasteiger partial charge is 0.208 e. The Morgan fingerprint density at radius 3 is 1.39 bits per heavy atom. The fourth-order valence-electron chi connectivity index (χ4n) is 8.04. The third-order valence-electron chi connectivity index (χ3n) is 9.98. The summed E-state index contributed by atoms with van der Waals surface area (Å²) in [6.45, 7) is 12.9. The number of hydrogen-bond acceptors (Lipinski definition) is 1. The van der Waals surface area contributed by atoms with Crippen molar-refractivity contribution in [3.8, 4) is 44.5 Å². The van der Waals surface area contributed by atoms with Gasteiger partial charge >= 0.3 is 0 Å². The van der Waals surface area contributed by atoms with Crippen LogP contribution >= 0.6 is 7.29 Å². The van der Waals surface area contributed by atoms with E-state index in [9.17, 15) is 0 Å². The minimum Gasteiger partial charge on any atom is -0.296 e. The molecule has 1 atom stereocenters. The maximum atomic E-state index is 16.7. The number of fused-ring (bicyclic) bond motifs is 1. The van der Waals surface area contributed by atoms with E-state index in [-0.39, 0.29) is 12.1 Å². The van der Waals surface area contributed by atoms with E-state index in [0.29, 0.717) is 0 Å². The molecule has 7 rings (SSSR count). The van der Waals surface area contributed by atoms with Gasteiger partial charge in [-0.25, -0.2) is 4.67 Å². The van der Waals surface area contributed by atoms with Gasteiger partial charge in [-0.15, -0.1) is 0 Å². The van der Waals surface area contributed by atoms with E-state index in [1.165, 1.54) is 16.5 Å². The standard InChI is InChI=1S/C48H46NOP/c1-33(2)49(34(3)4)51(50,43-29-19-16-20-36(43)6)44-32-35(5)30-31-42(44)48-41-28-18-17-27-40(41)45(37-21-10-7-11-22-37)46(38-23-12-8-13-24-38)47(48)39-25-14-9-15-26-39/h7-34H,1-6H3. The van der Waals surface area contributed by atoms with E-state index >= 15 is 4.57 Å². The van der Waals surface area contributed by atoms with Gasteiger partial charge in [0.15, 0.2) is 0 Å². The highest BCUT2D eigenvalue weighted by molar-refractivity contribution is 7.77. The molecule has 0 spiro atoms. The molecule has 0 fully saturated rings. The highest BCUT2D eigenvalue weighted by Crippen LogP contribution is 2.56. The van der Waals surface area contributed by atoms with Crippen LogP contribution in [0.25, 0.3) is 55.3 Å². The van der Waals surface area contributed by atoms with Gasteiger partial charge in [0.05, 0.1) is 0 Å². The number of hydrogen-bond donors (Lipinski definition) is 0. The lowest BCUT2D eigenvalue weighted by molar-refractivity contribution is 0.307. The Morgan fingerprint density at radius 1 is 0.451 bits per heavy atom. The summed E-state index contributed by atoms with van der Waals surface area (Å²) in [4.78, 5) is 0. The lowest BCUT2D eigenvalue weighted by Gasteiger charge is -2.40. The Morgan fingerprint density at radius 2 is 0.882 bits per heavy atom. The van der Waals surface area contributed by atoms with E-state index < -0.39 is 7.29 Å². The number of nitrogens with zero attached hydrogens (tertiary/aromatic N) is 1. The van der Waals surface area contributed by atoms with E-state index in [1.807, 2.05) is 12.1 Å². The summed E-state index contributed by atoms with van der Waals surface area (Å²) in [6, 6.07) is 56.1. The van der Waals surface area contributed by atoms with Crippen LogP contribution in [0.4, 0.5) is 0 Å². The fraction of sp³-hybridized carbons (Fsp3) is 0.167. The first-order valence-corrected chi connectivity index (χ1v) is 19.7. The van der Waals surface area contributed by atoms with Crippen molar-refractivity contribution in [3.05, 3.63) is 169 Å². The van der Waals surface area contributed by atoms with Crippen molar-refractivity contribution in [2.75, 3.05) is 0 Å². The number of aryl methyl sites for hydroxylation is 2. The molecule has 0 aliphatic rings. The zero-order valence-electron chi connectivity index (χ0n) is 30.5. The normalized spacial score (nSPS) is 12.9. The molecule has 0 saturated heterocycles. The van der Waals surface area contributed by atoms with Crippen LogP contribution in [0.2, 0.25) is 0 Å². The molecule has 7 aromatic rings. The van der Waals surface area contributed by atoms with Gasteiger partial charge in [-0.1, -0.05) is 151 Å². The molecule has 0 saturated carbocycles. The van der Waals surface area contributed by atoms with Crippen molar-refractivity contribution >= 4 is 28.7 Å². The Bertz CT molecular complexity index is 2350. The molecule has 0 aliphatic heterocycles. The zero-order chi connectivity index (χ0) is 35.7. The molecule has 0 bridgehead atoms. The number of rotatable bonds is 9. The Balaban J connectivity index is 1.74. The minimum atomic E-state index is -3.43. The van der Waals surface area contributed by atoms with Crippen molar-refractivity contribution in [2.45, 2.75) is 53.6 Å². The first-order valence-electron chi connectivity index (χ1n) is 18.0. The molecule has 0 aromatic heterocycles. The molecule has 0 amide bonds. The number of benzene rings is 7. The third kappa shape index (κ3) is 6.18. The quantitative estimate of drug-likeness (QED) is 0.141. The van der Waals surface area contributed by atoms with Gasteiger partial charge in [0.2, 0.25) is 7.29 Å². The van der Waals surface area contributed by atoms with Crippen molar-refractivity contribution < 1.29 is 4.57 Å². The van der Waals surface area contributed by atoms with Gasteiger partial charge < -0.3 is 0 Å². The van der Waals surface area contributed by atoms with Crippen molar-refractivity contribution in [3.63, 3.8) is 0 Å². The van der Waals surface area contributed by atoms with Crippen LogP contribution in [0.3, 0.4) is 0 Å². The maximum absolute atomic E-state index is 16.7. The average Bonchev–Trinajstić information content (AvgIpc) is 3.15. The molecule has 0 N–H and O–H groups in total. The van der Waals surface area contributed by atoms with Gasteiger partial charge in [0.25, 0.3) is 0 Å².